The van der Waals surface area contributed by atoms with Gasteiger partial charge < -0.3 is 19.6 Å². The van der Waals surface area contributed by atoms with Crippen LogP contribution in [-0.4, -0.2) is 137 Å². The highest BCUT2D eigenvalue weighted by Crippen LogP contribution is 2.51. The van der Waals surface area contributed by atoms with Crippen LogP contribution in [0.25, 0.3) is 0 Å². The first kappa shape index (κ1) is 101. The van der Waals surface area contributed by atoms with E-state index < -0.39 is 55.4 Å². The molecule has 0 radical (unpaired) electrons. The number of carbonyl (C=O) groups excluding carboxylic acids is 8. The van der Waals surface area contributed by atoms with E-state index in [9.17, 15) is 55.2 Å². The lowest BCUT2D eigenvalue weighted by molar-refractivity contribution is -0.134. The summed E-state index contributed by atoms with van der Waals surface area (Å²) in [5, 5.41) is 0. The van der Waals surface area contributed by atoms with Gasteiger partial charge in [-0.1, -0.05) is 149 Å². The zero-order valence-electron chi connectivity index (χ0n) is 75.5. The Balaban J connectivity index is 0.000000157. The maximum atomic E-state index is 13.4. The number of anilines is 4. The number of amides is 6. The van der Waals surface area contributed by atoms with Gasteiger partial charge in [0, 0.05) is 93.0 Å². The molecule has 0 saturated carbocycles. The molecule has 5 heterocycles. The summed E-state index contributed by atoms with van der Waals surface area (Å²) in [6, 6.07) is 92.6. The molecule has 17 rings (SSSR count). The number of nitrogens with zero attached hydrogens (tertiary/aromatic N) is 5. The summed E-state index contributed by atoms with van der Waals surface area (Å²) in [4.78, 5) is 123. The van der Waals surface area contributed by atoms with E-state index in [-0.39, 0.29) is 87.6 Å². The third-order valence-corrected chi connectivity index (χ3v) is 32.1. The van der Waals surface area contributed by atoms with Crippen molar-refractivity contribution in [2.75, 3.05) is 81.7 Å². The van der Waals surface area contributed by atoms with Gasteiger partial charge in [-0.2, -0.15) is 0 Å². The number of β-lactam (4-membered cyclic amide) rings is 4. The summed E-state index contributed by atoms with van der Waals surface area (Å²) in [5.41, 5.74) is 9.21. The number of ketones is 2. The summed E-state index contributed by atoms with van der Waals surface area (Å²) in [6.07, 6.45) is 17.9. The second kappa shape index (κ2) is 46.6. The second-order valence-corrected chi connectivity index (χ2v) is 41.8. The Kier molecular flexibility index (Phi) is 35.5. The Morgan fingerprint density at radius 3 is 0.894 bits per heavy atom. The summed E-state index contributed by atoms with van der Waals surface area (Å²) in [7, 11) is -6.92. The van der Waals surface area contributed by atoms with Crippen LogP contribution in [-0.2, 0) is 50.1 Å². The van der Waals surface area contributed by atoms with Gasteiger partial charge in [0.25, 0.3) is 17.7 Å². The molecule has 8 atom stereocenters. The number of imide groups is 1. The second-order valence-electron chi connectivity index (χ2n) is 30.7. The van der Waals surface area contributed by atoms with Crippen molar-refractivity contribution in [1.29, 1.82) is 0 Å². The van der Waals surface area contributed by atoms with Crippen molar-refractivity contribution in [2.24, 2.45) is 17.8 Å². The molecule has 27 heteroatoms. The largest absolute Gasteiger partial charge is 0.304 e. The molecule has 0 spiro atoms. The first-order chi connectivity index (χ1) is 63.8. The van der Waals surface area contributed by atoms with E-state index in [0.29, 0.717) is 23.1 Å². The van der Waals surface area contributed by atoms with Crippen LogP contribution in [0.1, 0.15) is 124 Å². The molecule has 0 N–H and O–H groups in total. The first-order valence-corrected chi connectivity index (χ1v) is 56.2. The summed E-state index contributed by atoms with van der Waals surface area (Å²) in [5.74, 6) is -3.00. The standard InChI is InChI=1S/C26H25NO4S3.C26H25NO2S2.C25H20N2O3S2.C24H23NO3S3.2C2H6/c1-32-20-10-4-18(5-11-20)25-23(26(29)27(25)19-8-12-21(33-2)13-9-19)16-24(28)17-6-14-22(15-7-17)34(3,30)31;1-30-22-12-8-19(9-13-22)25-24(17-21(28)16-18-6-4-3-5-7-18)26(29)27(25)20-10-14-23(31-2)15-11-20;1-31-17-11-7-15(8-12-17)21-22(25(30)26(21)16-9-13-18(32-2)14-10-16)27-23(28)19-5-3-4-6-20(19)24(27)29;1-29-19-12-8-17(9-13-19)23-22(16-31(27,28)21-6-4-3-5-7-21)24(26)25(23)18-10-14-20(30-2)15-11-18;2*1-2/h4-15,23,25H,16H2,1-3H3;3-15,24-25H,16-17H2,1-2H3;3-14,21-22H,1-2H3;3-15,22-23H,16H2,1-2H3;2*1-2H3. The molecule has 0 aliphatic carbocycles. The van der Waals surface area contributed by atoms with Gasteiger partial charge in [0.15, 0.2) is 25.5 Å². The Morgan fingerprint density at radius 2 is 0.568 bits per heavy atom. The molecule has 132 heavy (non-hydrogen) atoms. The molecular weight excluding hydrogens is 1840 g/mol. The zero-order valence-corrected chi connectivity index (χ0v) is 83.7. The smallest absolute Gasteiger partial charge is 0.262 e. The molecule has 4 saturated heterocycles. The van der Waals surface area contributed by atoms with E-state index in [1.807, 2.05) is 283 Å². The number of benzene rings is 12. The monoisotopic (exact) mass is 1950 g/mol. The molecule has 6 amide bonds. The third kappa shape index (κ3) is 22.8. The fourth-order valence-corrected chi connectivity index (χ4v) is 22.0. The predicted molar refractivity (Wildman–Crippen MR) is 547 cm³/mol. The van der Waals surface area contributed by atoms with Crippen LogP contribution in [0.15, 0.2) is 352 Å². The normalized spacial score (nSPS) is 18.1. The van der Waals surface area contributed by atoms with Crippen molar-refractivity contribution in [3.05, 3.63) is 348 Å². The van der Waals surface area contributed by atoms with Crippen molar-refractivity contribution in [3.8, 4) is 0 Å². The van der Waals surface area contributed by atoms with Gasteiger partial charge in [0.1, 0.15) is 11.8 Å². The minimum Gasteiger partial charge on any atom is -0.304 e. The van der Waals surface area contributed by atoms with Crippen LogP contribution >= 0.6 is 94.1 Å². The van der Waals surface area contributed by atoms with Crippen molar-refractivity contribution in [3.63, 3.8) is 0 Å². The van der Waals surface area contributed by atoms with Gasteiger partial charge in [0.2, 0.25) is 17.7 Å². The SMILES string of the molecule is CC.CC.CSc1ccc(C2C(CC(=O)Cc3ccccc3)C(=O)N2c2ccc(SC)cc2)cc1.CSc1ccc(C2C(CC(=O)c3ccc(S(C)(=O)=O)cc3)C(=O)N2c2ccc(SC)cc2)cc1.CSc1ccc(C2C(CS(=O)(=O)c3ccccc3)C(=O)N2c2ccc(SC)cc2)cc1.CSc1ccc(C2C(N3C(=O)c4ccccc4C3=O)C(=O)N2c2ccc(SC)cc2)cc1. The van der Waals surface area contributed by atoms with Gasteiger partial charge >= 0.3 is 0 Å². The van der Waals surface area contributed by atoms with E-state index in [0.717, 1.165) is 96.0 Å². The van der Waals surface area contributed by atoms with E-state index in [4.69, 9.17) is 0 Å². The van der Waals surface area contributed by atoms with E-state index in [2.05, 4.69) is 24.3 Å². The lowest BCUT2D eigenvalue weighted by Gasteiger charge is -2.49. The van der Waals surface area contributed by atoms with Crippen LogP contribution in [0.2, 0.25) is 0 Å². The highest BCUT2D eigenvalue weighted by atomic mass is 32.2. The van der Waals surface area contributed by atoms with Gasteiger partial charge in [-0.3, -0.25) is 43.3 Å². The Labute approximate surface area is 809 Å². The Morgan fingerprint density at radius 1 is 0.288 bits per heavy atom. The number of carbonyl (C=O) groups is 8. The third-order valence-electron chi connectivity index (χ3n) is 23.2. The number of sulfone groups is 2. The predicted octanol–water partition coefficient (Wildman–Crippen LogP) is 23.8. The lowest BCUT2D eigenvalue weighted by atomic mass is 9.78. The molecule has 8 unspecified atom stereocenters. The maximum absolute atomic E-state index is 13.4. The van der Waals surface area contributed by atoms with Crippen LogP contribution in [0.5, 0.6) is 0 Å². The molecular formula is C105H105N5O12S10. The van der Waals surface area contributed by atoms with E-state index in [1.54, 1.807) is 163 Å². The Hall–Kier alpha value is -10.3. The summed E-state index contributed by atoms with van der Waals surface area (Å²) in [6.45, 7) is 8.00. The zero-order chi connectivity index (χ0) is 94.7. The summed E-state index contributed by atoms with van der Waals surface area (Å²) < 4.78 is 49.4. The first-order valence-electron chi connectivity index (χ1n) is 42.9. The molecule has 682 valence electrons. The summed E-state index contributed by atoms with van der Waals surface area (Å²) >= 11 is 13.2. The number of hydrogen-bond donors (Lipinski definition) is 0. The molecule has 0 bridgehead atoms. The molecule has 12 aromatic rings. The topological polar surface area (TPSA) is 221 Å². The average molecular weight is 1950 g/mol. The van der Waals surface area contributed by atoms with Crippen molar-refractivity contribution in [2.45, 2.75) is 126 Å². The van der Waals surface area contributed by atoms with Gasteiger partial charge in [-0.05, 0) is 260 Å². The highest BCUT2D eigenvalue weighted by Gasteiger charge is 2.58. The van der Waals surface area contributed by atoms with E-state index >= 15 is 0 Å². The minimum atomic E-state index is -3.58. The maximum Gasteiger partial charge on any atom is 0.262 e. The molecule has 5 aliphatic heterocycles. The average Bonchev–Trinajstić information content (AvgIpc) is 1.37. The van der Waals surface area contributed by atoms with Crippen molar-refractivity contribution >= 4 is 184 Å². The highest BCUT2D eigenvalue weighted by molar-refractivity contribution is 8.00. The molecule has 17 nitrogen and oxygen atoms in total. The number of hydrogen-bond acceptors (Lipinski definition) is 20. The van der Waals surface area contributed by atoms with Crippen LogP contribution in [0.4, 0.5) is 22.7 Å². The van der Waals surface area contributed by atoms with Gasteiger partial charge in [-0.15, -0.1) is 94.1 Å². The van der Waals surface area contributed by atoms with Crippen molar-refractivity contribution < 1.29 is 55.2 Å². The van der Waals surface area contributed by atoms with Crippen LogP contribution < -0.4 is 19.6 Å². The quantitative estimate of drug-likeness (QED) is 0.0192. The fraction of sp³-hybridized carbons (Fsp3) is 0.238. The van der Waals surface area contributed by atoms with Crippen molar-refractivity contribution in [1.82, 2.24) is 4.90 Å². The van der Waals surface area contributed by atoms with Crippen LogP contribution in [0.3, 0.4) is 0 Å². The van der Waals surface area contributed by atoms with Crippen LogP contribution in [0, 0.1) is 17.8 Å². The van der Waals surface area contributed by atoms with Gasteiger partial charge in [-0.25, -0.2) is 16.8 Å². The van der Waals surface area contributed by atoms with E-state index in [1.165, 1.54) is 29.2 Å². The molecule has 5 aliphatic rings. The lowest BCUT2D eigenvalue weighted by Crippen LogP contribution is -2.67. The molecule has 0 aromatic heterocycles. The molecule has 12 aromatic carbocycles. The number of fused-ring (bicyclic) bond motifs is 1. The molecule has 4 fully saturated rings. The fourth-order valence-electron chi connectivity index (χ4n) is 16.5. The minimum absolute atomic E-state index is 0.0252. The number of rotatable bonds is 28. The van der Waals surface area contributed by atoms with Gasteiger partial charge in [0.05, 0.1) is 68.6 Å². The Bertz CT molecular complexity index is 6240. The number of thioether (sulfide) groups is 8. The number of Topliss-reactive ketones (excluding diaryl/α,β-unsaturated/α-hetero) is 2.